The predicted molar refractivity (Wildman–Crippen MR) is 69.9 cm³/mol. The van der Waals surface area contributed by atoms with Crippen molar-refractivity contribution in [1.29, 1.82) is 0 Å². The Hall–Kier alpha value is -2.72. The molecule has 0 bridgehead atoms. The summed E-state index contributed by atoms with van der Waals surface area (Å²) in [6.45, 7) is 0.329. The molecule has 0 unspecified atom stereocenters. The smallest absolute Gasteiger partial charge is 0.253 e. The minimum absolute atomic E-state index is 0.158. The zero-order valence-electron chi connectivity index (χ0n) is 10.5. The number of nitrogens with zero attached hydrogens (tertiary/aromatic N) is 2. The Morgan fingerprint density at radius 1 is 1.50 bits per heavy atom. The van der Waals surface area contributed by atoms with E-state index in [2.05, 4.69) is 32.3 Å². The molecule has 20 heavy (non-hydrogen) atoms. The van der Waals surface area contributed by atoms with Crippen LogP contribution in [0.1, 0.15) is 21.7 Å². The molecule has 2 rings (SSSR count). The number of carbonyl (C=O) groups excluding carboxylic acids is 1. The first-order valence-corrected chi connectivity index (χ1v) is 5.81. The summed E-state index contributed by atoms with van der Waals surface area (Å²) in [5, 5.41) is 8.88. The molecule has 0 aliphatic heterocycles. The molecule has 1 heterocycles. The summed E-state index contributed by atoms with van der Waals surface area (Å²) < 4.78 is 13.3. The van der Waals surface area contributed by atoms with Crippen molar-refractivity contribution >= 4 is 5.91 Å². The number of hydrogen-bond donors (Lipinski definition) is 3. The van der Waals surface area contributed by atoms with Crippen molar-refractivity contribution in [3.63, 3.8) is 0 Å². The summed E-state index contributed by atoms with van der Waals surface area (Å²) in [5.74, 6) is 4.93. The van der Waals surface area contributed by atoms with E-state index in [0.717, 1.165) is 6.07 Å². The number of nitrogens with two attached hydrogens (primary N) is 1. The van der Waals surface area contributed by atoms with Gasteiger partial charge in [-0.2, -0.15) is 5.10 Å². The van der Waals surface area contributed by atoms with Gasteiger partial charge in [0, 0.05) is 5.56 Å². The van der Waals surface area contributed by atoms with E-state index < -0.39 is 11.7 Å². The van der Waals surface area contributed by atoms with Crippen molar-refractivity contribution in [3.05, 3.63) is 47.3 Å². The van der Waals surface area contributed by atoms with Crippen LogP contribution in [0.2, 0.25) is 0 Å². The van der Waals surface area contributed by atoms with Gasteiger partial charge in [0.15, 0.2) is 0 Å². The molecule has 102 valence electrons. The summed E-state index contributed by atoms with van der Waals surface area (Å²) in [6, 6.07) is 3.82. The average Bonchev–Trinajstić information content (AvgIpc) is 2.96. The Morgan fingerprint density at radius 3 is 3.05 bits per heavy atom. The molecule has 0 spiro atoms. The molecule has 0 radical (unpaired) electrons. The zero-order chi connectivity index (χ0) is 14.4. The third-order valence-corrected chi connectivity index (χ3v) is 2.43. The highest BCUT2D eigenvalue weighted by Gasteiger charge is 2.11. The lowest BCUT2D eigenvalue weighted by atomic mass is 10.1. The van der Waals surface area contributed by atoms with E-state index in [1.165, 1.54) is 18.5 Å². The van der Waals surface area contributed by atoms with Gasteiger partial charge in [0.2, 0.25) is 0 Å². The second kappa shape index (κ2) is 6.45. The van der Waals surface area contributed by atoms with Crippen LogP contribution in [0.15, 0.2) is 24.5 Å². The first kappa shape index (κ1) is 13.7. The molecule has 0 fully saturated rings. The predicted octanol–water partition coefficient (Wildman–Crippen LogP) is 0.184. The van der Waals surface area contributed by atoms with Gasteiger partial charge in [0.1, 0.15) is 18.0 Å². The number of carbonyl (C=O) groups is 1. The summed E-state index contributed by atoms with van der Waals surface area (Å²) in [4.78, 5) is 15.9. The molecule has 0 aliphatic rings. The van der Waals surface area contributed by atoms with E-state index in [1.807, 2.05) is 0 Å². The lowest BCUT2D eigenvalue weighted by Gasteiger charge is -2.05. The van der Waals surface area contributed by atoms with Crippen LogP contribution in [0.25, 0.3) is 0 Å². The van der Waals surface area contributed by atoms with Crippen LogP contribution in [0.5, 0.6) is 0 Å². The molecule has 6 nitrogen and oxygen atoms in total. The summed E-state index contributed by atoms with van der Waals surface area (Å²) >= 11 is 0. The number of rotatable bonds is 3. The fourth-order valence-corrected chi connectivity index (χ4v) is 1.53. The van der Waals surface area contributed by atoms with Crippen molar-refractivity contribution in [2.45, 2.75) is 6.54 Å². The number of aromatic amines is 1. The van der Waals surface area contributed by atoms with Crippen molar-refractivity contribution in [2.24, 2.45) is 5.73 Å². The normalized spacial score (nSPS) is 9.70. The van der Waals surface area contributed by atoms with Gasteiger partial charge >= 0.3 is 0 Å². The van der Waals surface area contributed by atoms with E-state index in [4.69, 9.17) is 5.73 Å². The summed E-state index contributed by atoms with van der Waals surface area (Å²) in [5.41, 5.74) is 5.87. The summed E-state index contributed by atoms with van der Waals surface area (Å²) in [7, 11) is 0. The maximum absolute atomic E-state index is 13.3. The first-order valence-electron chi connectivity index (χ1n) is 5.81. The Morgan fingerprint density at radius 2 is 2.35 bits per heavy atom. The van der Waals surface area contributed by atoms with Gasteiger partial charge in [-0.3, -0.25) is 9.89 Å². The molecular weight excluding hydrogens is 261 g/mol. The molecular formula is C13H12FN5O. The molecule has 0 aliphatic carbocycles. The highest BCUT2D eigenvalue weighted by atomic mass is 19.1. The number of H-pyrrole nitrogens is 1. The minimum atomic E-state index is -0.506. The van der Waals surface area contributed by atoms with Gasteiger partial charge in [-0.25, -0.2) is 9.37 Å². The van der Waals surface area contributed by atoms with Gasteiger partial charge in [0.25, 0.3) is 5.91 Å². The number of aromatic nitrogens is 3. The van der Waals surface area contributed by atoms with E-state index in [9.17, 15) is 9.18 Å². The molecule has 0 atom stereocenters. The third kappa shape index (κ3) is 3.40. The number of benzene rings is 1. The van der Waals surface area contributed by atoms with Crippen LogP contribution in [0.4, 0.5) is 4.39 Å². The van der Waals surface area contributed by atoms with Crippen LogP contribution in [-0.4, -0.2) is 27.6 Å². The molecule has 1 aromatic carbocycles. The molecule has 1 aromatic heterocycles. The monoisotopic (exact) mass is 273 g/mol. The zero-order valence-corrected chi connectivity index (χ0v) is 10.5. The quantitative estimate of drug-likeness (QED) is 0.695. The molecule has 0 saturated heterocycles. The number of halogens is 1. The maximum atomic E-state index is 13.3. The van der Waals surface area contributed by atoms with Crippen LogP contribution in [0, 0.1) is 17.7 Å². The standard InChI is InChI=1S/C13H12FN5O/c14-10-4-3-9(2-1-5-15)11(6-10)13(20)16-7-12-17-8-18-19-12/h3-4,6,8H,5,7,15H2,(H,16,20)(H,17,18,19). The van der Waals surface area contributed by atoms with Crippen molar-refractivity contribution in [3.8, 4) is 11.8 Å². The Balaban J connectivity index is 2.17. The van der Waals surface area contributed by atoms with Gasteiger partial charge in [-0.1, -0.05) is 11.8 Å². The molecule has 4 N–H and O–H groups in total. The highest BCUT2D eigenvalue weighted by Crippen LogP contribution is 2.10. The fourth-order valence-electron chi connectivity index (χ4n) is 1.53. The molecule has 0 saturated carbocycles. The van der Waals surface area contributed by atoms with Crippen molar-refractivity contribution < 1.29 is 9.18 Å². The number of amides is 1. The topological polar surface area (TPSA) is 96.7 Å². The van der Waals surface area contributed by atoms with Gasteiger partial charge in [0.05, 0.1) is 18.7 Å². The van der Waals surface area contributed by atoms with E-state index in [-0.39, 0.29) is 18.7 Å². The van der Waals surface area contributed by atoms with E-state index >= 15 is 0 Å². The Labute approximate surface area is 114 Å². The van der Waals surface area contributed by atoms with Gasteiger partial charge in [-0.05, 0) is 18.2 Å². The van der Waals surface area contributed by atoms with E-state index in [0.29, 0.717) is 11.4 Å². The largest absolute Gasteiger partial charge is 0.345 e. The molecule has 7 heteroatoms. The van der Waals surface area contributed by atoms with Crippen LogP contribution >= 0.6 is 0 Å². The molecule has 1 amide bonds. The lowest BCUT2D eigenvalue weighted by molar-refractivity contribution is 0.0949. The van der Waals surface area contributed by atoms with E-state index in [1.54, 1.807) is 0 Å². The van der Waals surface area contributed by atoms with Crippen molar-refractivity contribution in [2.75, 3.05) is 6.54 Å². The Kier molecular flexibility index (Phi) is 4.42. The van der Waals surface area contributed by atoms with Crippen molar-refractivity contribution in [1.82, 2.24) is 20.5 Å². The SMILES string of the molecule is NCC#Cc1ccc(F)cc1C(=O)NCc1ncn[nH]1. The average molecular weight is 273 g/mol. The van der Waals surface area contributed by atoms with Gasteiger partial charge < -0.3 is 11.1 Å². The molecule has 2 aromatic rings. The number of hydrogen-bond acceptors (Lipinski definition) is 4. The summed E-state index contributed by atoms with van der Waals surface area (Å²) in [6.07, 6.45) is 1.34. The second-order valence-corrected chi connectivity index (χ2v) is 3.81. The van der Waals surface area contributed by atoms with Crippen LogP contribution in [0.3, 0.4) is 0 Å². The fraction of sp³-hybridized carbons (Fsp3) is 0.154. The first-order chi connectivity index (χ1) is 9.70. The number of nitrogens with one attached hydrogen (secondary N) is 2. The van der Waals surface area contributed by atoms with Gasteiger partial charge in [-0.15, -0.1) is 0 Å². The maximum Gasteiger partial charge on any atom is 0.253 e. The Bertz CT molecular complexity index is 657. The lowest BCUT2D eigenvalue weighted by Crippen LogP contribution is -2.24. The highest BCUT2D eigenvalue weighted by molar-refractivity contribution is 5.96. The minimum Gasteiger partial charge on any atom is -0.345 e. The van der Waals surface area contributed by atoms with Crippen LogP contribution < -0.4 is 11.1 Å². The third-order valence-electron chi connectivity index (χ3n) is 2.43. The van der Waals surface area contributed by atoms with Crippen LogP contribution in [-0.2, 0) is 6.54 Å². The second-order valence-electron chi connectivity index (χ2n) is 3.81.